The quantitative estimate of drug-likeness (QED) is 0.889. The Bertz CT molecular complexity index is 409. The summed E-state index contributed by atoms with van der Waals surface area (Å²) < 4.78 is 5.51. The largest absolute Gasteiger partial charge is 0.496 e. The van der Waals surface area contributed by atoms with Crippen LogP contribution in [0.4, 0.5) is 0 Å². The third kappa shape index (κ3) is 2.43. The van der Waals surface area contributed by atoms with Gasteiger partial charge in [-0.25, -0.2) is 0 Å². The van der Waals surface area contributed by atoms with Crippen molar-refractivity contribution < 1.29 is 9.84 Å². The molecule has 1 N–H and O–H groups in total. The molecule has 1 aromatic carbocycles. The highest BCUT2D eigenvalue weighted by Gasteiger charge is 2.22. The lowest BCUT2D eigenvalue weighted by Crippen LogP contribution is -2.09. The van der Waals surface area contributed by atoms with E-state index in [9.17, 15) is 5.11 Å². The molecule has 3 heteroatoms. The van der Waals surface area contributed by atoms with Crippen LogP contribution < -0.4 is 4.74 Å². The number of hydrogen-bond acceptors (Lipinski definition) is 2. The van der Waals surface area contributed by atoms with Crippen LogP contribution in [0.2, 0.25) is 5.02 Å². The number of aliphatic hydroxyl groups excluding tert-OH is 1. The fourth-order valence-electron chi connectivity index (χ4n) is 2.29. The first-order valence-corrected chi connectivity index (χ1v) is 6.31. The van der Waals surface area contributed by atoms with Crippen molar-refractivity contribution in [2.75, 3.05) is 13.7 Å². The van der Waals surface area contributed by atoms with Crippen LogP contribution in [0, 0.1) is 20.8 Å². The van der Waals surface area contributed by atoms with Crippen LogP contribution >= 0.6 is 11.6 Å². The molecule has 0 amide bonds. The van der Waals surface area contributed by atoms with Gasteiger partial charge in [-0.15, -0.1) is 0 Å². The number of hydrogen-bond donors (Lipinski definition) is 1. The molecular weight excluding hydrogens is 236 g/mol. The molecule has 0 radical (unpaired) electrons. The van der Waals surface area contributed by atoms with E-state index in [0.29, 0.717) is 0 Å². The molecule has 1 aromatic rings. The highest BCUT2D eigenvalue weighted by Crippen LogP contribution is 2.40. The lowest BCUT2D eigenvalue weighted by Gasteiger charge is -2.23. The van der Waals surface area contributed by atoms with Crippen molar-refractivity contribution in [3.8, 4) is 5.75 Å². The minimum atomic E-state index is 0.0850. The third-order valence-corrected chi connectivity index (χ3v) is 4.10. The van der Waals surface area contributed by atoms with Crippen molar-refractivity contribution in [1.29, 1.82) is 0 Å². The van der Waals surface area contributed by atoms with Crippen LogP contribution in [0.3, 0.4) is 0 Å². The van der Waals surface area contributed by atoms with E-state index < -0.39 is 0 Å². The number of ether oxygens (including phenoxy) is 1. The molecule has 1 unspecified atom stereocenters. The standard InChI is InChI=1S/C14H21ClO2/c1-6-11(7-16)12-10(4)13(15)8(2)9(3)14(12)17-5/h11,16H,6-7H2,1-5H3. The van der Waals surface area contributed by atoms with Crippen LogP contribution in [0.1, 0.15) is 41.5 Å². The first-order chi connectivity index (χ1) is 7.99. The average molecular weight is 257 g/mol. The van der Waals surface area contributed by atoms with Crippen LogP contribution in [-0.2, 0) is 0 Å². The number of benzene rings is 1. The molecule has 0 aromatic heterocycles. The summed E-state index contributed by atoms with van der Waals surface area (Å²) in [5, 5.41) is 10.3. The first kappa shape index (κ1) is 14.3. The lowest BCUT2D eigenvalue weighted by molar-refractivity contribution is 0.258. The van der Waals surface area contributed by atoms with E-state index in [-0.39, 0.29) is 12.5 Å². The molecule has 17 heavy (non-hydrogen) atoms. The van der Waals surface area contributed by atoms with Gasteiger partial charge in [0, 0.05) is 16.5 Å². The Hall–Kier alpha value is -0.730. The van der Waals surface area contributed by atoms with Crippen molar-refractivity contribution in [3.05, 3.63) is 27.3 Å². The zero-order chi connectivity index (χ0) is 13.2. The second-order valence-electron chi connectivity index (χ2n) is 4.42. The predicted molar refractivity (Wildman–Crippen MR) is 72.3 cm³/mol. The van der Waals surface area contributed by atoms with Crippen molar-refractivity contribution in [2.24, 2.45) is 0 Å². The Morgan fingerprint density at radius 2 is 1.76 bits per heavy atom. The number of halogens is 1. The van der Waals surface area contributed by atoms with E-state index in [1.165, 1.54) is 0 Å². The second kappa shape index (κ2) is 5.74. The summed E-state index contributed by atoms with van der Waals surface area (Å²) in [5.41, 5.74) is 4.18. The fourth-order valence-corrected chi connectivity index (χ4v) is 2.53. The second-order valence-corrected chi connectivity index (χ2v) is 4.80. The first-order valence-electron chi connectivity index (χ1n) is 5.93. The minimum absolute atomic E-state index is 0.0850. The Kier molecular flexibility index (Phi) is 4.84. The summed E-state index contributed by atoms with van der Waals surface area (Å²) in [6.45, 7) is 8.17. The third-order valence-electron chi connectivity index (χ3n) is 3.54. The number of methoxy groups -OCH3 is 1. The van der Waals surface area contributed by atoms with E-state index in [1.54, 1.807) is 7.11 Å². The molecule has 0 bridgehead atoms. The van der Waals surface area contributed by atoms with Crippen LogP contribution in [-0.4, -0.2) is 18.8 Å². The van der Waals surface area contributed by atoms with Gasteiger partial charge in [0.1, 0.15) is 5.75 Å². The van der Waals surface area contributed by atoms with E-state index >= 15 is 0 Å². The van der Waals surface area contributed by atoms with Crippen LogP contribution in [0.15, 0.2) is 0 Å². The maximum absolute atomic E-state index is 9.48. The van der Waals surface area contributed by atoms with Gasteiger partial charge >= 0.3 is 0 Å². The van der Waals surface area contributed by atoms with Gasteiger partial charge in [-0.1, -0.05) is 18.5 Å². The van der Waals surface area contributed by atoms with E-state index in [4.69, 9.17) is 16.3 Å². The Morgan fingerprint density at radius 1 is 1.18 bits per heavy atom. The zero-order valence-electron chi connectivity index (χ0n) is 11.2. The molecule has 0 fully saturated rings. The molecule has 0 aliphatic heterocycles. The molecule has 0 aliphatic rings. The highest BCUT2D eigenvalue weighted by atomic mass is 35.5. The molecule has 1 atom stereocenters. The monoisotopic (exact) mass is 256 g/mol. The van der Waals surface area contributed by atoms with Crippen LogP contribution in [0.25, 0.3) is 0 Å². The molecule has 0 spiro atoms. The SMILES string of the molecule is CCC(CO)c1c(C)c(Cl)c(C)c(C)c1OC. The molecule has 0 heterocycles. The smallest absolute Gasteiger partial charge is 0.125 e. The number of aliphatic hydroxyl groups is 1. The molecule has 0 saturated heterocycles. The highest BCUT2D eigenvalue weighted by molar-refractivity contribution is 6.32. The van der Waals surface area contributed by atoms with Crippen LogP contribution in [0.5, 0.6) is 5.75 Å². The van der Waals surface area contributed by atoms with E-state index in [1.807, 2.05) is 20.8 Å². The van der Waals surface area contributed by atoms with Gasteiger partial charge in [0.2, 0.25) is 0 Å². The number of rotatable bonds is 4. The normalized spacial score (nSPS) is 12.6. The predicted octanol–water partition coefficient (Wildman–Crippen LogP) is 3.76. The fraction of sp³-hybridized carbons (Fsp3) is 0.571. The van der Waals surface area contributed by atoms with Gasteiger partial charge in [-0.3, -0.25) is 0 Å². The molecule has 96 valence electrons. The van der Waals surface area contributed by atoms with Gasteiger partial charge in [0.05, 0.1) is 13.7 Å². The van der Waals surface area contributed by atoms with Crippen molar-refractivity contribution in [1.82, 2.24) is 0 Å². The van der Waals surface area contributed by atoms with Gasteiger partial charge in [0.25, 0.3) is 0 Å². The molecule has 1 rings (SSSR count). The van der Waals surface area contributed by atoms with Gasteiger partial charge in [0.15, 0.2) is 0 Å². The Labute approximate surface area is 109 Å². The van der Waals surface area contributed by atoms with E-state index in [0.717, 1.165) is 39.4 Å². The molecule has 0 saturated carbocycles. The summed E-state index contributed by atoms with van der Waals surface area (Å²) >= 11 is 6.34. The maximum atomic E-state index is 9.48. The average Bonchev–Trinajstić information content (AvgIpc) is 2.34. The molecule has 2 nitrogen and oxygen atoms in total. The van der Waals surface area contributed by atoms with Gasteiger partial charge < -0.3 is 9.84 Å². The summed E-state index contributed by atoms with van der Waals surface area (Å²) in [7, 11) is 1.67. The van der Waals surface area contributed by atoms with Crippen molar-refractivity contribution in [2.45, 2.75) is 40.0 Å². The molecular formula is C14H21ClO2. The van der Waals surface area contributed by atoms with Crippen molar-refractivity contribution in [3.63, 3.8) is 0 Å². The maximum Gasteiger partial charge on any atom is 0.125 e. The summed E-state index contributed by atoms with van der Waals surface area (Å²) in [5.74, 6) is 0.951. The molecule has 0 aliphatic carbocycles. The van der Waals surface area contributed by atoms with E-state index in [2.05, 4.69) is 6.92 Å². The summed E-state index contributed by atoms with van der Waals surface area (Å²) in [6, 6.07) is 0. The van der Waals surface area contributed by atoms with Crippen molar-refractivity contribution >= 4 is 11.6 Å². The summed E-state index contributed by atoms with van der Waals surface area (Å²) in [6.07, 6.45) is 0.868. The Morgan fingerprint density at radius 3 is 2.18 bits per heavy atom. The van der Waals surface area contributed by atoms with Gasteiger partial charge in [-0.2, -0.15) is 0 Å². The van der Waals surface area contributed by atoms with Gasteiger partial charge in [-0.05, 0) is 43.9 Å². The Balaban J connectivity index is 3.56. The topological polar surface area (TPSA) is 29.5 Å². The zero-order valence-corrected chi connectivity index (χ0v) is 12.0. The lowest BCUT2D eigenvalue weighted by atomic mass is 9.88. The minimum Gasteiger partial charge on any atom is -0.496 e. The summed E-state index contributed by atoms with van der Waals surface area (Å²) in [4.78, 5) is 0.